The van der Waals surface area contributed by atoms with Gasteiger partial charge in [0.25, 0.3) is 0 Å². The number of hydrogen-bond acceptors (Lipinski definition) is 3. The Morgan fingerprint density at radius 1 is 1.04 bits per heavy atom. The Morgan fingerprint density at radius 2 is 1.64 bits per heavy atom. The number of halogens is 3. The van der Waals surface area contributed by atoms with Gasteiger partial charge in [0.05, 0.1) is 6.10 Å². The van der Waals surface area contributed by atoms with Crippen LogP contribution in [0.1, 0.15) is 30.0 Å². The average molecular weight is 470 g/mol. The van der Waals surface area contributed by atoms with Crippen molar-refractivity contribution in [2.24, 2.45) is 5.73 Å². The molecule has 160 valence electrons. The first-order chi connectivity index (χ1) is 11.6. The molecule has 0 aromatic heterocycles. The molecule has 0 aliphatic carbocycles. The Bertz CT molecular complexity index is 652. The number of benzene rings is 2. The number of aliphatic hydroxyl groups is 1. The summed E-state index contributed by atoms with van der Waals surface area (Å²) in [6, 6.07) is 16.6. The second-order valence-corrected chi connectivity index (χ2v) is 6.63. The summed E-state index contributed by atoms with van der Waals surface area (Å²) in [4.78, 5) is 2.27. The van der Waals surface area contributed by atoms with Crippen LogP contribution in [0.2, 0.25) is 0 Å². The number of nitrogens with zero attached hydrogens (tertiary/aromatic N) is 1. The van der Waals surface area contributed by atoms with Crippen LogP contribution in [-0.2, 0) is 6.42 Å². The van der Waals surface area contributed by atoms with Gasteiger partial charge in [0.1, 0.15) is 5.82 Å². The minimum absolute atomic E-state index is 0. The fourth-order valence-corrected chi connectivity index (χ4v) is 3.51. The van der Waals surface area contributed by atoms with Crippen molar-refractivity contribution in [2.75, 3.05) is 13.1 Å². The third kappa shape index (κ3) is 8.11. The minimum atomic E-state index is -0.578. The van der Waals surface area contributed by atoms with E-state index in [4.69, 9.17) is 5.73 Å². The molecule has 1 fully saturated rings. The Hall–Kier alpha value is -0.470. The largest absolute Gasteiger partial charge is 0.390 e. The SMILES string of the molecule is Cl.Cl.N[C@H](Cc1ccccc1)[C@@H](O)CN1CCC[C@H]1c1ccc(F)cc1.S.S. The van der Waals surface area contributed by atoms with E-state index in [2.05, 4.69) is 4.90 Å². The van der Waals surface area contributed by atoms with E-state index in [1.165, 1.54) is 12.1 Å². The summed E-state index contributed by atoms with van der Waals surface area (Å²) in [7, 11) is 0. The predicted octanol–water partition coefficient (Wildman–Crippen LogP) is 3.96. The van der Waals surface area contributed by atoms with Crippen LogP contribution in [0.5, 0.6) is 0 Å². The van der Waals surface area contributed by atoms with Gasteiger partial charge in [0.15, 0.2) is 0 Å². The smallest absolute Gasteiger partial charge is 0.123 e. The molecule has 28 heavy (non-hydrogen) atoms. The Labute approximate surface area is 193 Å². The van der Waals surface area contributed by atoms with Gasteiger partial charge < -0.3 is 10.8 Å². The Kier molecular flexibility index (Phi) is 15.4. The Balaban J connectivity index is 0. The van der Waals surface area contributed by atoms with Gasteiger partial charge in [0.2, 0.25) is 0 Å². The summed E-state index contributed by atoms with van der Waals surface area (Å²) < 4.78 is 13.1. The van der Waals surface area contributed by atoms with Gasteiger partial charge in [-0.05, 0) is 49.1 Å². The molecule has 0 amide bonds. The number of β-amino-alcohol motifs (C(OH)–C–C–N with tert-alkyl or cyclic N) is 1. The maximum absolute atomic E-state index is 13.1. The molecule has 0 unspecified atom stereocenters. The minimum Gasteiger partial charge on any atom is -0.390 e. The maximum atomic E-state index is 13.1. The highest BCUT2D eigenvalue weighted by atomic mass is 35.5. The lowest BCUT2D eigenvalue weighted by molar-refractivity contribution is 0.0851. The first kappa shape index (κ1) is 29.7. The Morgan fingerprint density at radius 3 is 2.25 bits per heavy atom. The lowest BCUT2D eigenvalue weighted by Gasteiger charge is -2.29. The van der Waals surface area contributed by atoms with E-state index in [1.54, 1.807) is 0 Å². The number of rotatable bonds is 6. The molecule has 1 heterocycles. The molecule has 3 rings (SSSR count). The topological polar surface area (TPSA) is 49.5 Å². The van der Waals surface area contributed by atoms with Gasteiger partial charge in [-0.25, -0.2) is 4.39 Å². The van der Waals surface area contributed by atoms with Crippen molar-refractivity contribution in [1.29, 1.82) is 0 Å². The van der Waals surface area contributed by atoms with Gasteiger partial charge in [-0.3, -0.25) is 4.90 Å². The standard InChI is InChI=1S/C20H25FN2O.2ClH.2H2S/c21-17-10-8-16(9-11-17)19-7-4-12-23(19)14-20(24)18(22)13-15-5-2-1-3-6-15;;;;/h1-3,5-6,8-11,18-20,24H,4,7,12-14,22H2;2*1H;2*1H2/t18-,19+,20+;;;;/m1..../s1. The van der Waals surface area contributed by atoms with Crippen LogP contribution < -0.4 is 5.73 Å². The van der Waals surface area contributed by atoms with Crippen molar-refractivity contribution >= 4 is 51.8 Å². The second kappa shape index (κ2) is 14.5. The molecule has 1 aliphatic rings. The number of likely N-dealkylation sites (tertiary alicyclic amines) is 1. The van der Waals surface area contributed by atoms with Crippen LogP contribution >= 0.6 is 51.8 Å². The van der Waals surface area contributed by atoms with Crippen molar-refractivity contribution in [3.63, 3.8) is 0 Å². The van der Waals surface area contributed by atoms with Crippen LogP contribution in [0, 0.1) is 5.82 Å². The molecule has 0 bridgehead atoms. The van der Waals surface area contributed by atoms with Gasteiger partial charge in [-0.15, -0.1) is 24.8 Å². The van der Waals surface area contributed by atoms with Crippen molar-refractivity contribution in [3.8, 4) is 0 Å². The molecular weight excluding hydrogens is 438 g/mol. The molecular formula is C20H31Cl2FN2OS2. The summed E-state index contributed by atoms with van der Waals surface area (Å²) in [6.07, 6.45) is 2.21. The molecule has 1 saturated heterocycles. The van der Waals surface area contributed by atoms with E-state index < -0.39 is 6.10 Å². The lowest BCUT2D eigenvalue weighted by Crippen LogP contribution is -2.44. The van der Waals surface area contributed by atoms with Gasteiger partial charge in [-0.1, -0.05) is 42.5 Å². The fraction of sp³-hybridized carbons (Fsp3) is 0.400. The molecule has 3 nitrogen and oxygen atoms in total. The zero-order chi connectivity index (χ0) is 16.9. The normalized spacial score (nSPS) is 17.9. The van der Waals surface area contributed by atoms with Crippen molar-refractivity contribution in [2.45, 2.75) is 37.5 Å². The highest BCUT2D eigenvalue weighted by Crippen LogP contribution is 2.32. The van der Waals surface area contributed by atoms with Crippen LogP contribution in [-0.4, -0.2) is 35.2 Å². The zero-order valence-corrected chi connectivity index (χ0v) is 19.3. The van der Waals surface area contributed by atoms with E-state index in [9.17, 15) is 9.50 Å². The van der Waals surface area contributed by atoms with Crippen molar-refractivity contribution < 1.29 is 9.50 Å². The van der Waals surface area contributed by atoms with Crippen LogP contribution in [0.25, 0.3) is 0 Å². The number of nitrogens with two attached hydrogens (primary N) is 1. The fourth-order valence-electron chi connectivity index (χ4n) is 3.51. The monoisotopic (exact) mass is 468 g/mol. The maximum Gasteiger partial charge on any atom is 0.123 e. The van der Waals surface area contributed by atoms with E-state index in [1.807, 2.05) is 42.5 Å². The third-order valence-electron chi connectivity index (χ3n) is 4.85. The summed E-state index contributed by atoms with van der Waals surface area (Å²) in [5, 5.41) is 10.5. The van der Waals surface area contributed by atoms with Crippen LogP contribution in [0.4, 0.5) is 4.39 Å². The lowest BCUT2D eigenvalue weighted by atomic mass is 10.0. The summed E-state index contributed by atoms with van der Waals surface area (Å²) >= 11 is 0. The number of aliphatic hydroxyl groups excluding tert-OH is 1. The van der Waals surface area contributed by atoms with E-state index in [0.717, 1.165) is 30.5 Å². The molecule has 1 aliphatic heterocycles. The van der Waals surface area contributed by atoms with Crippen molar-refractivity contribution in [1.82, 2.24) is 4.90 Å². The molecule has 3 atom stereocenters. The first-order valence-corrected chi connectivity index (χ1v) is 8.60. The summed E-state index contributed by atoms with van der Waals surface area (Å²) in [5.41, 5.74) is 8.45. The molecule has 0 saturated carbocycles. The van der Waals surface area contributed by atoms with Gasteiger partial charge in [0, 0.05) is 18.6 Å². The molecule has 2 aromatic carbocycles. The molecule has 2 aromatic rings. The summed E-state index contributed by atoms with van der Waals surface area (Å²) in [5.74, 6) is -0.215. The van der Waals surface area contributed by atoms with E-state index in [-0.39, 0.29) is 69.7 Å². The molecule has 8 heteroatoms. The highest BCUT2D eigenvalue weighted by Gasteiger charge is 2.29. The summed E-state index contributed by atoms with van der Waals surface area (Å²) in [6.45, 7) is 1.49. The predicted molar refractivity (Wildman–Crippen MR) is 129 cm³/mol. The van der Waals surface area contributed by atoms with Crippen LogP contribution in [0.15, 0.2) is 54.6 Å². The van der Waals surface area contributed by atoms with Gasteiger partial charge >= 0.3 is 0 Å². The molecule has 0 spiro atoms. The highest BCUT2D eigenvalue weighted by molar-refractivity contribution is 7.59. The molecule has 0 radical (unpaired) electrons. The van der Waals surface area contributed by atoms with Crippen LogP contribution in [0.3, 0.4) is 0 Å². The second-order valence-electron chi connectivity index (χ2n) is 6.63. The van der Waals surface area contributed by atoms with Gasteiger partial charge in [-0.2, -0.15) is 27.0 Å². The van der Waals surface area contributed by atoms with Crippen molar-refractivity contribution in [3.05, 3.63) is 71.5 Å². The van der Waals surface area contributed by atoms with E-state index >= 15 is 0 Å². The number of hydrogen-bond donors (Lipinski definition) is 2. The zero-order valence-electron chi connectivity index (χ0n) is 15.6. The van der Waals surface area contributed by atoms with E-state index in [0.29, 0.717) is 13.0 Å². The average Bonchev–Trinajstić information content (AvgIpc) is 3.04. The third-order valence-corrected chi connectivity index (χ3v) is 4.85. The first-order valence-electron chi connectivity index (χ1n) is 8.60. The quantitative estimate of drug-likeness (QED) is 0.674. The molecule has 3 N–H and O–H groups in total.